The van der Waals surface area contributed by atoms with Crippen LogP contribution in [0, 0.1) is 0 Å². The summed E-state index contributed by atoms with van der Waals surface area (Å²) in [7, 11) is 0. The number of thiophene rings is 1. The average Bonchev–Trinajstić information content (AvgIpc) is 3.32. The van der Waals surface area contributed by atoms with Crippen molar-refractivity contribution in [1.29, 1.82) is 0 Å². The molecule has 0 bridgehead atoms. The molecule has 0 fully saturated rings. The minimum Gasteiger partial charge on any atom is -0.501 e. The van der Waals surface area contributed by atoms with Gasteiger partial charge in [0, 0.05) is 18.1 Å². The van der Waals surface area contributed by atoms with Crippen LogP contribution in [-0.4, -0.2) is 32.1 Å². The first kappa shape index (κ1) is 24.0. The van der Waals surface area contributed by atoms with Gasteiger partial charge in [0.05, 0.1) is 10.6 Å². The van der Waals surface area contributed by atoms with Crippen LogP contribution in [-0.2, 0) is 13.1 Å². The number of carbonyl (C=O) groups is 2. The molecule has 0 spiro atoms. The molecule has 3 amide bonds. The molecule has 2 heterocycles. The molecule has 35 heavy (non-hydrogen) atoms. The van der Waals surface area contributed by atoms with E-state index in [9.17, 15) is 19.8 Å². The Balaban J connectivity index is 1.49. The number of nitrogens with one attached hydrogen (secondary N) is 3. The van der Waals surface area contributed by atoms with E-state index in [4.69, 9.17) is 11.6 Å². The van der Waals surface area contributed by atoms with Crippen molar-refractivity contribution in [2.75, 3.05) is 5.32 Å². The summed E-state index contributed by atoms with van der Waals surface area (Å²) in [5, 5.41) is 30.6. The Morgan fingerprint density at radius 1 is 0.914 bits per heavy atom. The second kappa shape index (κ2) is 10.9. The van der Waals surface area contributed by atoms with Gasteiger partial charge in [-0.2, -0.15) is 4.98 Å². The van der Waals surface area contributed by atoms with Gasteiger partial charge in [0.25, 0.3) is 11.8 Å². The van der Waals surface area contributed by atoms with Crippen LogP contribution in [0.1, 0.15) is 21.6 Å². The van der Waals surface area contributed by atoms with E-state index < -0.39 is 23.6 Å². The molecule has 4 aromatic rings. The fourth-order valence-electron chi connectivity index (χ4n) is 3.13. The van der Waals surface area contributed by atoms with Gasteiger partial charge in [-0.15, -0.1) is 11.3 Å². The maximum absolute atomic E-state index is 12.7. The van der Waals surface area contributed by atoms with Crippen molar-refractivity contribution in [2.24, 2.45) is 0 Å². The lowest BCUT2D eigenvalue weighted by Crippen LogP contribution is -2.28. The fraction of sp³-hybridized carbons (Fsp3) is 0.0833. The first-order chi connectivity index (χ1) is 16.9. The number of nitrogens with zero attached hydrogens (tertiary/aromatic N) is 2. The highest BCUT2D eigenvalue weighted by Crippen LogP contribution is 2.35. The number of aromatic nitrogens is 2. The maximum atomic E-state index is 12.7. The molecular formula is C24H20ClN5O4S. The van der Waals surface area contributed by atoms with Crippen LogP contribution in [0.3, 0.4) is 0 Å². The SMILES string of the molecule is O=C(NCc1ccccc1Cl)Nc1ccsc1-c1nc(O)c(O)c(C(=O)NCc2ccccc2)n1. The van der Waals surface area contributed by atoms with Crippen molar-refractivity contribution in [3.63, 3.8) is 0 Å². The van der Waals surface area contributed by atoms with Gasteiger partial charge in [-0.05, 0) is 28.6 Å². The Labute approximate surface area is 209 Å². The number of anilines is 1. The van der Waals surface area contributed by atoms with Gasteiger partial charge in [-0.3, -0.25) is 4.79 Å². The molecule has 0 aliphatic heterocycles. The van der Waals surface area contributed by atoms with E-state index in [0.717, 1.165) is 11.1 Å². The highest BCUT2D eigenvalue weighted by molar-refractivity contribution is 7.14. The summed E-state index contributed by atoms with van der Waals surface area (Å²) in [4.78, 5) is 33.5. The lowest BCUT2D eigenvalue weighted by molar-refractivity contribution is 0.0941. The first-order valence-electron chi connectivity index (χ1n) is 10.4. The Bertz CT molecular complexity index is 1360. The summed E-state index contributed by atoms with van der Waals surface area (Å²) in [6, 6.07) is 17.5. The summed E-state index contributed by atoms with van der Waals surface area (Å²) >= 11 is 7.31. The minimum atomic E-state index is -0.748. The lowest BCUT2D eigenvalue weighted by atomic mass is 10.2. The molecule has 0 unspecified atom stereocenters. The summed E-state index contributed by atoms with van der Waals surface area (Å²) in [6.45, 7) is 0.420. The Hall–Kier alpha value is -4.15. The molecule has 0 saturated carbocycles. The molecule has 2 aromatic heterocycles. The molecule has 0 saturated heterocycles. The van der Waals surface area contributed by atoms with E-state index in [1.807, 2.05) is 36.4 Å². The summed E-state index contributed by atoms with van der Waals surface area (Å²) < 4.78 is 0. The predicted octanol–water partition coefficient (Wildman–Crippen LogP) is 4.52. The number of amides is 3. The normalized spacial score (nSPS) is 10.5. The third-order valence-electron chi connectivity index (χ3n) is 4.89. The predicted molar refractivity (Wildman–Crippen MR) is 134 cm³/mol. The lowest BCUT2D eigenvalue weighted by Gasteiger charge is -2.11. The number of urea groups is 1. The van der Waals surface area contributed by atoms with Crippen LogP contribution in [0.15, 0.2) is 66.0 Å². The molecule has 4 rings (SSSR count). The van der Waals surface area contributed by atoms with Crippen LogP contribution in [0.4, 0.5) is 10.5 Å². The van der Waals surface area contributed by atoms with E-state index >= 15 is 0 Å². The van der Waals surface area contributed by atoms with E-state index in [1.54, 1.807) is 29.6 Å². The average molecular weight is 510 g/mol. The quantitative estimate of drug-likeness (QED) is 0.248. The van der Waals surface area contributed by atoms with Crippen LogP contribution < -0.4 is 16.0 Å². The third-order valence-corrected chi connectivity index (χ3v) is 6.17. The van der Waals surface area contributed by atoms with Crippen molar-refractivity contribution >= 4 is 40.6 Å². The number of aromatic hydroxyl groups is 2. The van der Waals surface area contributed by atoms with E-state index in [1.165, 1.54) is 11.3 Å². The van der Waals surface area contributed by atoms with Gasteiger partial charge in [-0.1, -0.05) is 60.1 Å². The Morgan fingerprint density at radius 2 is 1.66 bits per heavy atom. The fourth-order valence-corrected chi connectivity index (χ4v) is 4.11. The standard InChI is InChI=1S/C24H20ClN5O4S/c25-16-9-5-4-8-15(16)13-27-24(34)28-17-10-11-35-20(17)21-29-18(19(31)23(33)30-21)22(32)26-12-14-6-2-1-3-7-14/h1-11,31H,12-13H2,(H,26,32)(H2,27,28,34)(H,29,30,33). The Morgan fingerprint density at radius 3 is 2.43 bits per heavy atom. The van der Waals surface area contributed by atoms with E-state index in [0.29, 0.717) is 15.6 Å². The largest absolute Gasteiger partial charge is 0.501 e. The van der Waals surface area contributed by atoms with Crippen molar-refractivity contribution in [3.8, 4) is 22.3 Å². The molecule has 0 aliphatic carbocycles. The second-order valence-corrected chi connectivity index (χ2v) is 8.62. The van der Waals surface area contributed by atoms with Gasteiger partial charge >= 0.3 is 6.03 Å². The Kier molecular flexibility index (Phi) is 7.44. The summed E-state index contributed by atoms with van der Waals surface area (Å²) in [5.74, 6) is -2.19. The number of rotatable bonds is 7. The monoisotopic (exact) mass is 509 g/mol. The molecule has 11 heteroatoms. The van der Waals surface area contributed by atoms with Gasteiger partial charge in [-0.25, -0.2) is 9.78 Å². The zero-order valence-corrected chi connectivity index (χ0v) is 19.7. The number of carbonyl (C=O) groups excluding carboxylic acids is 2. The van der Waals surface area contributed by atoms with E-state index in [-0.39, 0.29) is 24.6 Å². The molecule has 178 valence electrons. The molecule has 0 radical (unpaired) electrons. The zero-order chi connectivity index (χ0) is 24.8. The second-order valence-electron chi connectivity index (χ2n) is 7.30. The molecular weight excluding hydrogens is 490 g/mol. The van der Waals surface area contributed by atoms with Crippen LogP contribution >= 0.6 is 22.9 Å². The van der Waals surface area contributed by atoms with Crippen molar-refractivity contribution in [1.82, 2.24) is 20.6 Å². The smallest absolute Gasteiger partial charge is 0.319 e. The summed E-state index contributed by atoms with van der Waals surface area (Å²) in [6.07, 6.45) is 0. The molecule has 9 nitrogen and oxygen atoms in total. The number of hydrogen-bond donors (Lipinski definition) is 5. The zero-order valence-electron chi connectivity index (χ0n) is 18.2. The topological polar surface area (TPSA) is 136 Å². The van der Waals surface area contributed by atoms with Crippen molar-refractivity contribution in [2.45, 2.75) is 13.1 Å². The van der Waals surface area contributed by atoms with Crippen molar-refractivity contribution < 1.29 is 19.8 Å². The van der Waals surface area contributed by atoms with Crippen LogP contribution in [0.2, 0.25) is 5.02 Å². The molecule has 2 aromatic carbocycles. The summed E-state index contributed by atoms with van der Waals surface area (Å²) in [5.41, 5.74) is 1.59. The van der Waals surface area contributed by atoms with Gasteiger partial charge in [0.1, 0.15) is 0 Å². The van der Waals surface area contributed by atoms with Crippen molar-refractivity contribution in [3.05, 3.63) is 87.9 Å². The number of hydrogen-bond acceptors (Lipinski definition) is 7. The first-order valence-corrected chi connectivity index (χ1v) is 11.7. The molecule has 0 atom stereocenters. The van der Waals surface area contributed by atoms with Gasteiger partial charge < -0.3 is 26.2 Å². The van der Waals surface area contributed by atoms with Gasteiger partial charge in [0.2, 0.25) is 5.75 Å². The van der Waals surface area contributed by atoms with Crippen LogP contribution in [0.25, 0.3) is 10.7 Å². The third kappa shape index (κ3) is 5.86. The van der Waals surface area contributed by atoms with E-state index in [2.05, 4.69) is 25.9 Å². The highest BCUT2D eigenvalue weighted by Gasteiger charge is 2.22. The minimum absolute atomic E-state index is 0.0263. The number of halogens is 1. The van der Waals surface area contributed by atoms with Crippen LogP contribution in [0.5, 0.6) is 11.6 Å². The molecule has 5 N–H and O–H groups in total. The van der Waals surface area contributed by atoms with Gasteiger partial charge in [0.15, 0.2) is 11.5 Å². The highest BCUT2D eigenvalue weighted by atomic mass is 35.5. The molecule has 0 aliphatic rings. The maximum Gasteiger partial charge on any atom is 0.319 e. The number of benzene rings is 2.